The zero-order valence-electron chi connectivity index (χ0n) is 18.9. The van der Waals surface area contributed by atoms with E-state index in [0.717, 1.165) is 17.7 Å². The van der Waals surface area contributed by atoms with Crippen LogP contribution in [0, 0.1) is 17.2 Å². The molecule has 1 saturated heterocycles. The molecule has 7 nitrogen and oxygen atoms in total. The third kappa shape index (κ3) is 5.29. The van der Waals surface area contributed by atoms with Gasteiger partial charge in [-0.1, -0.05) is 29.8 Å². The molecule has 2 N–H and O–H groups in total. The molecule has 0 bridgehead atoms. The molecule has 2 amide bonds. The maximum absolute atomic E-state index is 13.4. The highest BCUT2D eigenvalue weighted by molar-refractivity contribution is 6.30. The van der Waals surface area contributed by atoms with Crippen molar-refractivity contribution in [2.24, 2.45) is 5.92 Å². The predicted molar refractivity (Wildman–Crippen MR) is 129 cm³/mol. The summed E-state index contributed by atoms with van der Waals surface area (Å²) in [5.41, 5.74) is 2.14. The molecule has 2 heterocycles. The highest BCUT2D eigenvalue weighted by atomic mass is 35.5. The average Bonchev–Trinajstić information content (AvgIpc) is 3.40. The number of nitrogens with one attached hydrogen (secondary N) is 2. The minimum Gasteiger partial charge on any atom is -0.347 e. The van der Waals surface area contributed by atoms with E-state index in [0.29, 0.717) is 42.1 Å². The lowest BCUT2D eigenvalue weighted by Gasteiger charge is -2.36. The van der Waals surface area contributed by atoms with Gasteiger partial charge in [-0.05, 0) is 55.7 Å². The number of benzene rings is 2. The molecule has 1 fully saturated rings. The first kappa shape index (κ1) is 23.5. The molecule has 34 heavy (non-hydrogen) atoms. The lowest BCUT2D eigenvalue weighted by molar-refractivity contribution is -0.128. The first-order valence-electron chi connectivity index (χ1n) is 11.2. The quantitative estimate of drug-likeness (QED) is 0.561. The molecule has 2 aromatic carbocycles. The summed E-state index contributed by atoms with van der Waals surface area (Å²) < 4.78 is 0. The fourth-order valence-electron chi connectivity index (χ4n) is 4.42. The van der Waals surface area contributed by atoms with Crippen LogP contribution >= 0.6 is 11.6 Å². The molecule has 1 aromatic heterocycles. The number of aromatic nitrogens is 2. The highest BCUT2D eigenvalue weighted by Gasteiger charge is 2.35. The Labute approximate surface area is 203 Å². The molecule has 1 aliphatic heterocycles. The van der Waals surface area contributed by atoms with Crippen LogP contribution in [0.15, 0.2) is 61.1 Å². The van der Waals surface area contributed by atoms with Gasteiger partial charge in [0.05, 0.1) is 41.3 Å². The van der Waals surface area contributed by atoms with Crippen molar-refractivity contribution < 1.29 is 9.59 Å². The van der Waals surface area contributed by atoms with Crippen LogP contribution < -0.4 is 5.32 Å². The zero-order valence-corrected chi connectivity index (χ0v) is 19.7. The topological polar surface area (TPSA) is 102 Å². The second-order valence-electron chi connectivity index (χ2n) is 8.87. The first-order valence-corrected chi connectivity index (χ1v) is 11.6. The van der Waals surface area contributed by atoms with Gasteiger partial charge < -0.3 is 15.2 Å². The second kappa shape index (κ2) is 10.1. The lowest BCUT2D eigenvalue weighted by atomic mass is 9.87. The van der Waals surface area contributed by atoms with Crippen molar-refractivity contribution in [1.29, 1.82) is 5.26 Å². The van der Waals surface area contributed by atoms with E-state index < -0.39 is 5.54 Å². The van der Waals surface area contributed by atoms with Crippen molar-refractivity contribution in [3.05, 3.63) is 88.5 Å². The number of hydrogen-bond acceptors (Lipinski definition) is 4. The summed E-state index contributed by atoms with van der Waals surface area (Å²) in [4.78, 5) is 35.4. The number of aromatic amines is 1. The van der Waals surface area contributed by atoms with E-state index in [-0.39, 0.29) is 17.7 Å². The number of halogens is 1. The van der Waals surface area contributed by atoms with Crippen molar-refractivity contribution >= 4 is 23.4 Å². The molecule has 0 radical (unpaired) electrons. The Morgan fingerprint density at radius 3 is 2.76 bits per heavy atom. The number of nitrogens with zero attached hydrogens (tertiary/aromatic N) is 3. The molecule has 0 aliphatic carbocycles. The van der Waals surface area contributed by atoms with Gasteiger partial charge >= 0.3 is 0 Å². The number of rotatable bonds is 6. The number of nitriles is 1. The van der Waals surface area contributed by atoms with E-state index in [4.69, 9.17) is 16.9 Å². The normalized spacial score (nSPS) is 17.4. The monoisotopic (exact) mass is 475 g/mol. The van der Waals surface area contributed by atoms with Crippen LogP contribution in [0.5, 0.6) is 0 Å². The van der Waals surface area contributed by atoms with E-state index >= 15 is 0 Å². The van der Waals surface area contributed by atoms with Crippen molar-refractivity contribution in [2.45, 2.75) is 31.7 Å². The summed E-state index contributed by atoms with van der Waals surface area (Å²) in [6.45, 7) is 2.92. The fourth-order valence-corrected chi connectivity index (χ4v) is 4.61. The standard InChI is InChI=1S/C26H26ClN5O2/c1-26(23-15-29-17-30-23,13-18-7-9-19(14-28)10-8-18)31-24(33)21-5-3-11-32(16-21)25(34)20-4-2-6-22(27)12-20/h2,4,6-10,12,15,17,21H,3,5,11,13,16H2,1H3,(H,29,30)(H,31,33)/t21-,26?/m0/s1. The molecular formula is C26H26ClN5O2. The molecule has 8 heteroatoms. The molecular weight excluding hydrogens is 450 g/mol. The van der Waals surface area contributed by atoms with E-state index in [2.05, 4.69) is 21.4 Å². The summed E-state index contributed by atoms with van der Waals surface area (Å²) in [7, 11) is 0. The largest absolute Gasteiger partial charge is 0.347 e. The summed E-state index contributed by atoms with van der Waals surface area (Å²) in [6, 6.07) is 16.3. The number of carbonyl (C=O) groups excluding carboxylic acids is 2. The minimum absolute atomic E-state index is 0.102. The molecule has 0 spiro atoms. The highest BCUT2D eigenvalue weighted by Crippen LogP contribution is 2.27. The number of carbonyl (C=O) groups is 2. The van der Waals surface area contributed by atoms with E-state index in [1.807, 2.05) is 19.1 Å². The number of imidazole rings is 1. The summed E-state index contributed by atoms with van der Waals surface area (Å²) in [5.74, 6) is -0.539. The van der Waals surface area contributed by atoms with Crippen LogP contribution in [-0.4, -0.2) is 39.8 Å². The van der Waals surface area contributed by atoms with Gasteiger partial charge in [0.2, 0.25) is 5.91 Å². The Kier molecular flexibility index (Phi) is 6.99. The van der Waals surface area contributed by atoms with Crippen LogP contribution in [0.2, 0.25) is 5.02 Å². The number of piperidine rings is 1. The smallest absolute Gasteiger partial charge is 0.253 e. The molecule has 0 saturated carbocycles. The van der Waals surface area contributed by atoms with Gasteiger partial charge in [-0.2, -0.15) is 5.26 Å². The van der Waals surface area contributed by atoms with Gasteiger partial charge in [-0.3, -0.25) is 9.59 Å². The Balaban J connectivity index is 1.49. The maximum atomic E-state index is 13.4. The minimum atomic E-state index is -0.735. The first-order chi connectivity index (χ1) is 16.4. The van der Waals surface area contributed by atoms with E-state index in [1.165, 1.54) is 0 Å². The predicted octanol–water partition coefficient (Wildman–Crippen LogP) is 4.06. The second-order valence-corrected chi connectivity index (χ2v) is 9.31. The van der Waals surface area contributed by atoms with Crippen LogP contribution in [0.1, 0.15) is 46.9 Å². The van der Waals surface area contributed by atoms with Crippen LogP contribution in [0.25, 0.3) is 0 Å². The van der Waals surface area contributed by atoms with Crippen molar-refractivity contribution in [2.75, 3.05) is 13.1 Å². The summed E-state index contributed by atoms with van der Waals surface area (Å²) >= 11 is 6.05. The summed E-state index contributed by atoms with van der Waals surface area (Å²) in [6.07, 6.45) is 5.27. The lowest BCUT2D eigenvalue weighted by Crippen LogP contribution is -2.51. The molecule has 1 aliphatic rings. The number of H-pyrrole nitrogens is 1. The summed E-state index contributed by atoms with van der Waals surface area (Å²) in [5, 5.41) is 12.8. The fraction of sp³-hybridized carbons (Fsp3) is 0.308. The molecule has 4 rings (SSSR count). The molecule has 174 valence electrons. The van der Waals surface area contributed by atoms with E-state index in [1.54, 1.807) is 53.8 Å². The van der Waals surface area contributed by atoms with Crippen LogP contribution in [0.3, 0.4) is 0 Å². The van der Waals surface area contributed by atoms with Gasteiger partial charge in [-0.25, -0.2) is 4.98 Å². The average molecular weight is 476 g/mol. The van der Waals surface area contributed by atoms with Gasteiger partial charge in [0, 0.05) is 30.1 Å². The maximum Gasteiger partial charge on any atom is 0.253 e. The Morgan fingerprint density at radius 2 is 2.09 bits per heavy atom. The SMILES string of the molecule is CC(Cc1ccc(C#N)cc1)(NC(=O)[C@H]1CCCN(C(=O)c2cccc(Cl)c2)C1)c1cnc[nH]1. The Hall–Kier alpha value is -3.63. The van der Waals surface area contributed by atoms with Crippen LogP contribution in [0.4, 0.5) is 0 Å². The van der Waals surface area contributed by atoms with Gasteiger partial charge in [0.1, 0.15) is 0 Å². The Bertz CT molecular complexity index is 1200. The third-order valence-corrected chi connectivity index (χ3v) is 6.52. The van der Waals surface area contributed by atoms with Crippen molar-refractivity contribution in [3.8, 4) is 6.07 Å². The number of likely N-dealkylation sites (tertiary alicyclic amines) is 1. The van der Waals surface area contributed by atoms with E-state index in [9.17, 15) is 9.59 Å². The van der Waals surface area contributed by atoms with Gasteiger partial charge in [-0.15, -0.1) is 0 Å². The van der Waals surface area contributed by atoms with Crippen molar-refractivity contribution in [1.82, 2.24) is 20.2 Å². The van der Waals surface area contributed by atoms with Crippen LogP contribution in [-0.2, 0) is 16.8 Å². The Morgan fingerprint density at radius 1 is 1.29 bits per heavy atom. The molecule has 2 atom stereocenters. The third-order valence-electron chi connectivity index (χ3n) is 6.28. The number of hydrogen-bond donors (Lipinski definition) is 2. The zero-order chi connectivity index (χ0) is 24.1. The molecule has 1 unspecified atom stereocenters. The molecule has 3 aromatic rings. The van der Waals surface area contributed by atoms with Crippen molar-refractivity contribution in [3.63, 3.8) is 0 Å². The van der Waals surface area contributed by atoms with Gasteiger partial charge in [0.15, 0.2) is 0 Å². The number of amides is 2. The van der Waals surface area contributed by atoms with Gasteiger partial charge in [0.25, 0.3) is 5.91 Å².